The standard InChI is InChI=1S/C8H18OSi/c1-5-8(6-2)7-9-10(3)4/h5,10H,6-7H2,1-4H3. The van der Waals surface area contributed by atoms with Gasteiger partial charge in [0.25, 0.3) is 0 Å². The van der Waals surface area contributed by atoms with Crippen LogP contribution in [0, 0.1) is 0 Å². The molecule has 0 aliphatic heterocycles. The average Bonchev–Trinajstić information content (AvgIpc) is 1.90. The highest BCUT2D eigenvalue weighted by Gasteiger charge is 1.96. The quantitative estimate of drug-likeness (QED) is 0.451. The van der Waals surface area contributed by atoms with Crippen LogP contribution in [0.5, 0.6) is 0 Å². The molecule has 0 aliphatic carbocycles. The maximum absolute atomic E-state index is 5.56. The maximum atomic E-state index is 5.56. The van der Waals surface area contributed by atoms with E-state index in [9.17, 15) is 0 Å². The van der Waals surface area contributed by atoms with Gasteiger partial charge in [-0.1, -0.05) is 18.6 Å². The molecule has 0 saturated carbocycles. The second-order valence-corrected chi connectivity index (χ2v) is 5.09. The van der Waals surface area contributed by atoms with E-state index in [0.29, 0.717) is 0 Å². The highest BCUT2D eigenvalue weighted by atomic mass is 28.3. The number of allylic oxidation sites excluding steroid dienone is 1. The van der Waals surface area contributed by atoms with Gasteiger partial charge < -0.3 is 4.43 Å². The molecule has 2 heteroatoms. The van der Waals surface area contributed by atoms with Gasteiger partial charge in [0.15, 0.2) is 9.04 Å². The first-order chi connectivity index (χ1) is 4.70. The average molecular weight is 158 g/mol. The number of hydrogen-bond donors (Lipinski definition) is 0. The third kappa shape index (κ3) is 4.76. The van der Waals surface area contributed by atoms with Gasteiger partial charge >= 0.3 is 0 Å². The lowest BCUT2D eigenvalue weighted by molar-refractivity contribution is 0.359. The second-order valence-electron chi connectivity index (χ2n) is 2.66. The topological polar surface area (TPSA) is 9.23 Å². The largest absolute Gasteiger partial charge is 0.417 e. The van der Waals surface area contributed by atoms with Crippen LogP contribution in [0.3, 0.4) is 0 Å². The second kappa shape index (κ2) is 5.68. The van der Waals surface area contributed by atoms with Gasteiger partial charge in [-0.2, -0.15) is 0 Å². The Bertz CT molecular complexity index is 108. The summed E-state index contributed by atoms with van der Waals surface area (Å²) in [5.41, 5.74) is 1.42. The molecular formula is C8H18OSi. The van der Waals surface area contributed by atoms with Crippen molar-refractivity contribution in [2.75, 3.05) is 6.61 Å². The summed E-state index contributed by atoms with van der Waals surface area (Å²) in [6.45, 7) is 9.49. The van der Waals surface area contributed by atoms with E-state index in [2.05, 4.69) is 33.0 Å². The molecule has 0 atom stereocenters. The molecule has 0 spiro atoms. The van der Waals surface area contributed by atoms with Gasteiger partial charge in [0.1, 0.15) is 0 Å². The zero-order chi connectivity index (χ0) is 7.98. The van der Waals surface area contributed by atoms with Crippen LogP contribution in [0.4, 0.5) is 0 Å². The van der Waals surface area contributed by atoms with E-state index in [1.54, 1.807) is 0 Å². The Morgan fingerprint density at radius 3 is 2.40 bits per heavy atom. The molecule has 0 aromatic rings. The molecule has 0 aromatic carbocycles. The molecular weight excluding hydrogens is 140 g/mol. The number of hydrogen-bond acceptors (Lipinski definition) is 1. The molecule has 0 N–H and O–H groups in total. The Morgan fingerprint density at radius 1 is 1.50 bits per heavy atom. The van der Waals surface area contributed by atoms with Gasteiger partial charge in [-0.05, 0) is 26.4 Å². The molecule has 0 unspecified atom stereocenters. The SMILES string of the molecule is CC=C(CC)CO[SiH](C)C. The van der Waals surface area contributed by atoms with Crippen LogP contribution in [0.2, 0.25) is 13.1 Å². The van der Waals surface area contributed by atoms with Gasteiger partial charge in [-0.3, -0.25) is 0 Å². The van der Waals surface area contributed by atoms with Crippen LogP contribution >= 0.6 is 0 Å². The fourth-order valence-electron chi connectivity index (χ4n) is 0.663. The van der Waals surface area contributed by atoms with Gasteiger partial charge in [0, 0.05) is 0 Å². The molecule has 1 nitrogen and oxygen atoms in total. The summed E-state index contributed by atoms with van der Waals surface area (Å²) in [7, 11) is -0.795. The lowest BCUT2D eigenvalue weighted by atomic mass is 10.2. The third-order valence-corrected chi connectivity index (χ3v) is 2.30. The van der Waals surface area contributed by atoms with Crippen molar-refractivity contribution in [3.63, 3.8) is 0 Å². The molecule has 0 bridgehead atoms. The zero-order valence-electron chi connectivity index (χ0n) is 7.48. The first kappa shape index (κ1) is 9.92. The van der Waals surface area contributed by atoms with Crippen molar-refractivity contribution >= 4 is 9.04 Å². The summed E-state index contributed by atoms with van der Waals surface area (Å²) in [5.74, 6) is 0. The van der Waals surface area contributed by atoms with E-state index in [1.807, 2.05) is 0 Å². The predicted octanol–water partition coefficient (Wildman–Crippen LogP) is 2.34. The molecule has 0 rings (SSSR count). The Hall–Kier alpha value is -0.0831. The van der Waals surface area contributed by atoms with Crippen LogP contribution in [0.25, 0.3) is 0 Å². The first-order valence-corrected chi connectivity index (χ1v) is 6.74. The zero-order valence-corrected chi connectivity index (χ0v) is 8.63. The highest BCUT2D eigenvalue weighted by molar-refractivity contribution is 6.48. The summed E-state index contributed by atoms with van der Waals surface area (Å²) >= 11 is 0. The molecule has 10 heavy (non-hydrogen) atoms. The van der Waals surface area contributed by atoms with Crippen molar-refractivity contribution < 1.29 is 4.43 Å². The van der Waals surface area contributed by atoms with E-state index >= 15 is 0 Å². The molecule has 0 fully saturated rings. The molecule has 0 aromatic heterocycles. The van der Waals surface area contributed by atoms with Crippen molar-refractivity contribution in [3.05, 3.63) is 11.6 Å². The summed E-state index contributed by atoms with van der Waals surface area (Å²) in [4.78, 5) is 0. The third-order valence-electron chi connectivity index (χ3n) is 1.46. The fourth-order valence-corrected chi connectivity index (χ4v) is 1.21. The van der Waals surface area contributed by atoms with Crippen LogP contribution in [0.15, 0.2) is 11.6 Å². The summed E-state index contributed by atoms with van der Waals surface area (Å²) in [5, 5.41) is 0. The van der Waals surface area contributed by atoms with Crippen molar-refractivity contribution in [2.24, 2.45) is 0 Å². The number of rotatable bonds is 4. The van der Waals surface area contributed by atoms with E-state index in [1.165, 1.54) is 5.57 Å². The van der Waals surface area contributed by atoms with Crippen LogP contribution < -0.4 is 0 Å². The van der Waals surface area contributed by atoms with Crippen LogP contribution in [-0.4, -0.2) is 15.6 Å². The Kier molecular flexibility index (Phi) is 5.64. The molecule has 0 amide bonds. The van der Waals surface area contributed by atoms with E-state index < -0.39 is 9.04 Å². The maximum Gasteiger partial charge on any atom is 0.171 e. The van der Waals surface area contributed by atoms with Crippen molar-refractivity contribution in [1.29, 1.82) is 0 Å². The van der Waals surface area contributed by atoms with Gasteiger partial charge in [0.2, 0.25) is 0 Å². The van der Waals surface area contributed by atoms with E-state index in [-0.39, 0.29) is 0 Å². The predicted molar refractivity (Wildman–Crippen MR) is 48.9 cm³/mol. The first-order valence-electron chi connectivity index (χ1n) is 3.96. The minimum Gasteiger partial charge on any atom is -0.417 e. The summed E-state index contributed by atoms with van der Waals surface area (Å²) in [6, 6.07) is 0. The minimum absolute atomic E-state index is 0.795. The summed E-state index contributed by atoms with van der Waals surface area (Å²) in [6.07, 6.45) is 3.27. The lowest BCUT2D eigenvalue weighted by Gasteiger charge is -2.07. The Balaban J connectivity index is 3.46. The van der Waals surface area contributed by atoms with Gasteiger partial charge in [-0.15, -0.1) is 0 Å². The molecule has 60 valence electrons. The lowest BCUT2D eigenvalue weighted by Crippen LogP contribution is -2.09. The molecule has 0 heterocycles. The van der Waals surface area contributed by atoms with E-state index in [4.69, 9.17) is 4.43 Å². The molecule has 0 aliphatic rings. The van der Waals surface area contributed by atoms with Crippen molar-refractivity contribution in [3.8, 4) is 0 Å². The van der Waals surface area contributed by atoms with Crippen molar-refractivity contribution in [1.82, 2.24) is 0 Å². The smallest absolute Gasteiger partial charge is 0.171 e. The van der Waals surface area contributed by atoms with Crippen molar-refractivity contribution in [2.45, 2.75) is 33.4 Å². The normalized spacial score (nSPS) is 12.7. The minimum atomic E-state index is -0.795. The Morgan fingerprint density at radius 2 is 2.10 bits per heavy atom. The molecule has 0 saturated heterocycles. The van der Waals surface area contributed by atoms with Gasteiger partial charge in [-0.25, -0.2) is 0 Å². The van der Waals surface area contributed by atoms with Crippen LogP contribution in [-0.2, 0) is 4.43 Å². The highest BCUT2D eigenvalue weighted by Crippen LogP contribution is 2.01. The molecule has 0 radical (unpaired) electrons. The monoisotopic (exact) mass is 158 g/mol. The fraction of sp³-hybridized carbons (Fsp3) is 0.750. The summed E-state index contributed by atoms with van der Waals surface area (Å²) < 4.78 is 5.56. The van der Waals surface area contributed by atoms with Gasteiger partial charge in [0.05, 0.1) is 6.61 Å². The van der Waals surface area contributed by atoms with Crippen LogP contribution in [0.1, 0.15) is 20.3 Å². The Labute approximate surface area is 65.8 Å². The van der Waals surface area contributed by atoms with E-state index in [0.717, 1.165) is 13.0 Å².